The van der Waals surface area contributed by atoms with Crippen LogP contribution in [0.25, 0.3) is 11.0 Å². The van der Waals surface area contributed by atoms with Crippen molar-refractivity contribution < 1.29 is 24.4 Å². The number of aliphatic carboxylic acids is 2. The van der Waals surface area contributed by atoms with Crippen LogP contribution in [0.1, 0.15) is 63.4 Å². The standard InChI is InChI=1S/C25H36N4.C2H2O4/c26-19-13-6-4-2-1-3-5-7-14-20-28-23-17-11-12-18-24(23)29(25(28)27)21-22-15-9-8-10-16-22;3-1(4)2(5)6/h8-12,15-18,27H,1-7,13-14,19-21,26H2;(H,3,4)(H,5,6). The van der Waals surface area contributed by atoms with Crippen LogP contribution in [0.4, 0.5) is 5.95 Å². The Kier molecular flexibility index (Phi) is 12.3. The average molecular weight is 483 g/mol. The fraction of sp³-hybridized carbons (Fsp3) is 0.444. The van der Waals surface area contributed by atoms with Crippen molar-refractivity contribution in [2.75, 3.05) is 12.3 Å². The molecule has 0 radical (unpaired) electrons. The summed E-state index contributed by atoms with van der Waals surface area (Å²) >= 11 is 0. The van der Waals surface area contributed by atoms with Gasteiger partial charge in [0.05, 0.1) is 13.1 Å². The molecule has 3 aromatic rings. The highest BCUT2D eigenvalue weighted by Gasteiger charge is 2.20. The van der Waals surface area contributed by atoms with E-state index in [-0.39, 0.29) is 0 Å². The van der Waals surface area contributed by atoms with Gasteiger partial charge in [-0.25, -0.2) is 13.9 Å². The van der Waals surface area contributed by atoms with E-state index < -0.39 is 11.9 Å². The topological polar surface area (TPSA) is 138 Å². The van der Waals surface area contributed by atoms with Gasteiger partial charge in [0, 0.05) is 0 Å². The number of nitrogens with zero attached hydrogens (tertiary/aromatic N) is 2. The zero-order valence-electron chi connectivity index (χ0n) is 20.4. The Bertz CT molecular complexity index is 1040. The summed E-state index contributed by atoms with van der Waals surface area (Å²) in [5.74, 6) is -3.15. The molecule has 1 aromatic heterocycles. The maximum absolute atomic E-state index is 9.04. The molecule has 0 saturated carbocycles. The first-order valence-corrected chi connectivity index (χ1v) is 12.4. The molecule has 0 unspecified atom stereocenters. The number of aromatic nitrogens is 2. The summed E-state index contributed by atoms with van der Waals surface area (Å²) in [4.78, 5) is 18.0. The summed E-state index contributed by atoms with van der Waals surface area (Å²) in [6.45, 7) is 2.64. The van der Waals surface area contributed by atoms with Crippen LogP contribution in [0.5, 0.6) is 0 Å². The Morgan fingerprint density at radius 2 is 1.34 bits per heavy atom. The van der Waals surface area contributed by atoms with Gasteiger partial charge in [-0.05, 0) is 37.1 Å². The SMILES string of the molecule is NCCCCCCCCCCCn1c(N)[n+](Cc2ccccc2)c2ccccc21.O=C([O-])C(=O)O. The highest BCUT2D eigenvalue weighted by molar-refractivity contribution is 6.26. The summed E-state index contributed by atoms with van der Waals surface area (Å²) in [7, 11) is 0. The van der Waals surface area contributed by atoms with Crippen molar-refractivity contribution in [3.8, 4) is 0 Å². The molecule has 0 aliphatic heterocycles. The van der Waals surface area contributed by atoms with Crippen molar-refractivity contribution in [2.45, 2.75) is 70.9 Å². The van der Waals surface area contributed by atoms with E-state index in [0.717, 1.165) is 25.6 Å². The van der Waals surface area contributed by atoms with E-state index in [9.17, 15) is 0 Å². The molecule has 0 saturated heterocycles. The zero-order valence-corrected chi connectivity index (χ0v) is 20.4. The molecule has 0 atom stereocenters. The van der Waals surface area contributed by atoms with Crippen molar-refractivity contribution in [1.29, 1.82) is 0 Å². The summed E-state index contributed by atoms with van der Waals surface area (Å²) in [5, 5.41) is 16.3. The van der Waals surface area contributed by atoms with Crippen LogP contribution in [0.15, 0.2) is 54.6 Å². The van der Waals surface area contributed by atoms with Crippen LogP contribution in [0.2, 0.25) is 0 Å². The predicted octanol–water partition coefficient (Wildman–Crippen LogP) is 2.85. The van der Waals surface area contributed by atoms with Crippen LogP contribution in [0, 0.1) is 0 Å². The largest absolute Gasteiger partial charge is 0.539 e. The van der Waals surface area contributed by atoms with Gasteiger partial charge in [-0.15, -0.1) is 0 Å². The molecule has 0 spiro atoms. The maximum Gasteiger partial charge on any atom is 0.356 e. The molecule has 0 aliphatic carbocycles. The van der Waals surface area contributed by atoms with Gasteiger partial charge in [-0.1, -0.05) is 87.4 Å². The lowest BCUT2D eigenvalue weighted by molar-refractivity contribution is -0.648. The molecular formula is C27H38N4O4. The number of imidazole rings is 1. The Morgan fingerprint density at radius 3 is 1.91 bits per heavy atom. The van der Waals surface area contributed by atoms with Crippen LogP contribution in [-0.2, 0) is 22.7 Å². The Morgan fingerprint density at radius 1 is 0.829 bits per heavy atom. The monoisotopic (exact) mass is 482 g/mol. The molecule has 0 amide bonds. The lowest BCUT2D eigenvalue weighted by atomic mass is 10.1. The number of fused-ring (bicyclic) bond motifs is 1. The molecule has 8 nitrogen and oxygen atoms in total. The second kappa shape index (κ2) is 15.5. The summed E-state index contributed by atoms with van der Waals surface area (Å²) in [6.07, 6.45) is 11.6. The number of hydrogen-bond donors (Lipinski definition) is 3. The predicted molar refractivity (Wildman–Crippen MR) is 135 cm³/mol. The number of nitrogen functional groups attached to an aromatic ring is 1. The second-order valence-electron chi connectivity index (χ2n) is 8.63. The molecule has 8 heteroatoms. The fourth-order valence-corrected chi connectivity index (χ4v) is 4.13. The molecule has 3 rings (SSSR count). The number of para-hydroxylation sites is 2. The number of carboxylic acids is 2. The highest BCUT2D eigenvalue weighted by atomic mass is 16.4. The number of anilines is 1. The third kappa shape index (κ3) is 9.41. The Hall–Kier alpha value is -3.39. The Labute approximate surface area is 207 Å². The van der Waals surface area contributed by atoms with Gasteiger partial charge in [0.1, 0.15) is 11.0 Å². The van der Waals surface area contributed by atoms with Gasteiger partial charge < -0.3 is 20.7 Å². The van der Waals surface area contributed by atoms with Crippen LogP contribution < -0.4 is 21.1 Å². The van der Waals surface area contributed by atoms with E-state index in [1.54, 1.807) is 0 Å². The number of hydrogen-bond acceptors (Lipinski definition) is 5. The molecule has 2 aromatic carbocycles. The van der Waals surface area contributed by atoms with E-state index in [0.29, 0.717) is 0 Å². The van der Waals surface area contributed by atoms with Gasteiger partial charge in [0.15, 0.2) is 5.97 Å². The molecule has 0 fully saturated rings. The summed E-state index contributed by atoms with van der Waals surface area (Å²) < 4.78 is 4.54. The number of benzene rings is 2. The molecular weight excluding hydrogens is 444 g/mol. The number of carbonyl (C=O) groups excluding carboxylic acids is 1. The van der Waals surface area contributed by atoms with Crippen LogP contribution in [-0.4, -0.2) is 28.2 Å². The van der Waals surface area contributed by atoms with Crippen molar-refractivity contribution in [2.24, 2.45) is 5.73 Å². The highest BCUT2D eigenvalue weighted by Crippen LogP contribution is 2.18. The van der Waals surface area contributed by atoms with Gasteiger partial charge in [-0.2, -0.15) is 0 Å². The smallest absolute Gasteiger partial charge is 0.356 e. The van der Waals surface area contributed by atoms with Gasteiger partial charge >= 0.3 is 11.9 Å². The van der Waals surface area contributed by atoms with E-state index in [1.807, 2.05) is 0 Å². The van der Waals surface area contributed by atoms with Crippen molar-refractivity contribution in [1.82, 2.24) is 4.57 Å². The number of nitrogens with two attached hydrogens (primary N) is 2. The quantitative estimate of drug-likeness (QED) is 0.195. The third-order valence-electron chi connectivity index (χ3n) is 5.96. The van der Waals surface area contributed by atoms with Crippen LogP contribution >= 0.6 is 0 Å². The molecule has 1 heterocycles. The maximum atomic E-state index is 9.04. The van der Waals surface area contributed by atoms with E-state index in [4.69, 9.17) is 31.3 Å². The average Bonchev–Trinajstić information content (AvgIpc) is 3.12. The number of rotatable bonds is 13. The minimum Gasteiger partial charge on any atom is -0.539 e. The number of carboxylic acid groups (broad SMARTS) is 2. The van der Waals surface area contributed by atoms with Gasteiger partial charge in [0.2, 0.25) is 0 Å². The first-order valence-electron chi connectivity index (χ1n) is 12.4. The molecule has 35 heavy (non-hydrogen) atoms. The Balaban J connectivity index is 0.000000641. The van der Waals surface area contributed by atoms with Crippen molar-refractivity contribution in [3.63, 3.8) is 0 Å². The van der Waals surface area contributed by atoms with Gasteiger partial charge in [0.25, 0.3) is 0 Å². The number of aryl methyl sites for hydroxylation is 1. The minimum atomic E-state index is -2.07. The van der Waals surface area contributed by atoms with E-state index in [2.05, 4.69) is 63.7 Å². The molecule has 5 N–H and O–H groups in total. The zero-order chi connectivity index (χ0) is 25.5. The first-order chi connectivity index (χ1) is 17.0. The summed E-state index contributed by atoms with van der Waals surface area (Å²) in [6, 6.07) is 19.1. The fourth-order valence-electron chi connectivity index (χ4n) is 4.13. The van der Waals surface area contributed by atoms with Crippen molar-refractivity contribution >= 4 is 28.9 Å². The van der Waals surface area contributed by atoms with Gasteiger partial charge in [-0.3, -0.25) is 5.73 Å². The summed E-state index contributed by atoms with van der Waals surface area (Å²) in [5.41, 5.74) is 15.9. The molecule has 0 aliphatic rings. The number of unbranched alkanes of at least 4 members (excludes halogenated alkanes) is 8. The van der Waals surface area contributed by atoms with Crippen molar-refractivity contribution in [3.05, 3.63) is 60.2 Å². The normalized spacial score (nSPS) is 10.7. The number of carbonyl (C=O) groups is 2. The lowest BCUT2D eigenvalue weighted by Gasteiger charge is -2.04. The minimum absolute atomic E-state index is 0.810. The first kappa shape index (κ1) is 27.9. The molecule has 0 bridgehead atoms. The van der Waals surface area contributed by atoms with Crippen LogP contribution in [0.3, 0.4) is 0 Å². The lowest BCUT2D eigenvalue weighted by Crippen LogP contribution is -2.37. The third-order valence-corrected chi connectivity index (χ3v) is 5.96. The molecule has 190 valence electrons. The van der Waals surface area contributed by atoms with E-state index >= 15 is 0 Å². The van der Waals surface area contributed by atoms with E-state index in [1.165, 1.54) is 74.4 Å². The second-order valence-corrected chi connectivity index (χ2v) is 8.63.